The molecule has 2 saturated carbocycles. The molecule has 7 rings (SSSR count). The Bertz CT molecular complexity index is 1710. The first-order chi connectivity index (χ1) is 19.8. The Labute approximate surface area is 235 Å². The van der Waals surface area contributed by atoms with Crippen molar-refractivity contribution >= 4 is 40.6 Å². The summed E-state index contributed by atoms with van der Waals surface area (Å²) in [6, 6.07) is 5.33. The number of aromatic nitrogens is 5. The average Bonchev–Trinajstić information content (AvgIpc) is 3.89. The average molecular weight is 552 g/mol. The fourth-order valence-electron chi connectivity index (χ4n) is 5.31. The van der Waals surface area contributed by atoms with Crippen LogP contribution in [0.25, 0.3) is 5.65 Å². The first-order valence-electron chi connectivity index (χ1n) is 13.7. The van der Waals surface area contributed by atoms with Crippen LogP contribution in [0.1, 0.15) is 53.9 Å². The van der Waals surface area contributed by atoms with Gasteiger partial charge in [0.25, 0.3) is 0 Å². The minimum Gasteiger partial charge on any atom is -0.378 e. The van der Waals surface area contributed by atoms with Gasteiger partial charge < -0.3 is 15.0 Å². The zero-order valence-corrected chi connectivity index (χ0v) is 22.7. The second kappa shape index (κ2) is 9.65. The molecule has 0 bridgehead atoms. The predicted octanol–water partition coefficient (Wildman–Crippen LogP) is 3.46. The number of aryl methyl sites for hydroxylation is 1. The molecule has 3 aliphatic rings. The van der Waals surface area contributed by atoms with E-state index in [1.807, 2.05) is 35.7 Å². The van der Waals surface area contributed by atoms with Gasteiger partial charge in [-0.25, -0.2) is 19.7 Å². The highest BCUT2D eigenvalue weighted by atomic mass is 16.2. The monoisotopic (exact) mass is 551 g/mol. The SMILES string of the molecule is Cc1ccnc([C@H]2C[C@@H]2C(=O)Nc2cncc(NCc3cn4cc(C5CC5)cc(N5CC(=O)N(C)C5=O)c4n3)c2)n1. The maximum Gasteiger partial charge on any atom is 0.331 e. The summed E-state index contributed by atoms with van der Waals surface area (Å²) < 4.78 is 1.94. The number of carbonyl (C=O) groups is 3. The summed E-state index contributed by atoms with van der Waals surface area (Å²) in [6.45, 7) is 2.32. The van der Waals surface area contributed by atoms with E-state index in [-0.39, 0.29) is 36.2 Å². The topological polar surface area (TPSA) is 138 Å². The van der Waals surface area contributed by atoms with Crippen LogP contribution in [0.2, 0.25) is 0 Å². The number of carbonyl (C=O) groups excluding carboxylic acids is 3. The van der Waals surface area contributed by atoms with E-state index in [0.717, 1.165) is 46.8 Å². The molecule has 0 radical (unpaired) electrons. The molecule has 12 nitrogen and oxygen atoms in total. The van der Waals surface area contributed by atoms with Crippen LogP contribution < -0.4 is 15.5 Å². The molecule has 208 valence electrons. The number of rotatable bonds is 8. The number of pyridine rings is 2. The smallest absolute Gasteiger partial charge is 0.331 e. The molecule has 5 heterocycles. The highest BCUT2D eigenvalue weighted by molar-refractivity contribution is 6.13. The predicted molar refractivity (Wildman–Crippen MR) is 150 cm³/mol. The molecular weight excluding hydrogens is 522 g/mol. The summed E-state index contributed by atoms with van der Waals surface area (Å²) in [5, 5.41) is 6.30. The molecule has 0 aromatic carbocycles. The van der Waals surface area contributed by atoms with Crippen molar-refractivity contribution in [3.05, 3.63) is 72.0 Å². The lowest BCUT2D eigenvalue weighted by Gasteiger charge is -2.17. The third-order valence-electron chi connectivity index (χ3n) is 7.88. The van der Waals surface area contributed by atoms with Crippen LogP contribution >= 0.6 is 0 Å². The number of nitrogens with one attached hydrogen (secondary N) is 2. The maximum absolute atomic E-state index is 12.8. The standard InChI is InChI=1S/C29H29N9O3/c1-16-5-6-31-26(33-16)22-9-23(22)28(40)35-20-8-19(10-30-11-20)32-12-21-14-37-13-18(17-3-4-17)7-24(27(37)34-21)38-15-25(39)36(2)29(38)41/h5-8,10-11,13-14,17,22-23,32H,3-4,9,12,15H2,1-2H3,(H,35,40)/t22-,23-/m0/s1. The zero-order valence-electron chi connectivity index (χ0n) is 22.7. The molecule has 2 aliphatic carbocycles. The third kappa shape index (κ3) is 4.85. The van der Waals surface area contributed by atoms with Crippen molar-refractivity contribution in [1.29, 1.82) is 0 Å². The van der Waals surface area contributed by atoms with Gasteiger partial charge in [0.05, 0.1) is 41.7 Å². The van der Waals surface area contributed by atoms with E-state index in [0.29, 0.717) is 35.3 Å². The highest BCUT2D eigenvalue weighted by Crippen LogP contribution is 2.46. The van der Waals surface area contributed by atoms with Crippen molar-refractivity contribution < 1.29 is 14.4 Å². The van der Waals surface area contributed by atoms with Gasteiger partial charge in [0.1, 0.15) is 12.4 Å². The Morgan fingerprint density at radius 1 is 1.10 bits per heavy atom. The molecule has 3 fully saturated rings. The Balaban J connectivity index is 1.05. The zero-order chi connectivity index (χ0) is 28.2. The van der Waals surface area contributed by atoms with Crippen molar-refractivity contribution in [1.82, 2.24) is 29.2 Å². The van der Waals surface area contributed by atoms with Gasteiger partial charge in [-0.3, -0.25) is 24.4 Å². The molecular formula is C29H29N9O3. The molecule has 12 heteroatoms. The fourth-order valence-corrected chi connectivity index (χ4v) is 5.31. The van der Waals surface area contributed by atoms with Gasteiger partial charge in [0, 0.05) is 43.2 Å². The molecule has 2 atom stereocenters. The Kier molecular flexibility index (Phi) is 5.91. The van der Waals surface area contributed by atoms with Crippen molar-refractivity contribution in [2.45, 2.75) is 44.6 Å². The molecule has 1 saturated heterocycles. The van der Waals surface area contributed by atoms with Gasteiger partial charge in [0.2, 0.25) is 11.8 Å². The van der Waals surface area contributed by atoms with Crippen LogP contribution in [0, 0.1) is 12.8 Å². The summed E-state index contributed by atoms with van der Waals surface area (Å²) in [4.78, 5) is 58.3. The van der Waals surface area contributed by atoms with Gasteiger partial charge in [-0.15, -0.1) is 0 Å². The molecule has 41 heavy (non-hydrogen) atoms. The van der Waals surface area contributed by atoms with Crippen molar-refractivity contribution in [3.8, 4) is 0 Å². The van der Waals surface area contributed by atoms with Crippen LogP contribution in [0.15, 0.2) is 49.2 Å². The largest absolute Gasteiger partial charge is 0.378 e. The summed E-state index contributed by atoms with van der Waals surface area (Å²) in [5.74, 6) is 0.758. The van der Waals surface area contributed by atoms with Crippen molar-refractivity contribution in [2.24, 2.45) is 5.92 Å². The van der Waals surface area contributed by atoms with Crippen molar-refractivity contribution in [3.63, 3.8) is 0 Å². The molecule has 0 spiro atoms. The van der Waals surface area contributed by atoms with Crippen molar-refractivity contribution in [2.75, 3.05) is 29.1 Å². The number of imide groups is 1. The number of anilines is 3. The first kappa shape index (κ1) is 25.1. The second-order valence-corrected chi connectivity index (χ2v) is 11.0. The van der Waals surface area contributed by atoms with Gasteiger partial charge in [-0.05, 0) is 55.9 Å². The quantitative estimate of drug-likeness (QED) is 0.318. The van der Waals surface area contributed by atoms with Crippen LogP contribution in [0.5, 0.6) is 0 Å². The number of likely N-dealkylation sites (N-methyl/N-ethyl adjacent to an activating group) is 1. The van der Waals surface area contributed by atoms with Gasteiger partial charge in [-0.2, -0.15) is 0 Å². The molecule has 4 amide bonds. The minimum absolute atomic E-state index is 0.00333. The number of nitrogens with zero attached hydrogens (tertiary/aromatic N) is 7. The van der Waals surface area contributed by atoms with E-state index in [1.165, 1.54) is 11.9 Å². The van der Waals surface area contributed by atoms with E-state index in [4.69, 9.17) is 4.98 Å². The molecule has 2 N–H and O–H groups in total. The molecule has 4 aromatic heterocycles. The molecule has 1 aliphatic heterocycles. The Morgan fingerprint density at radius 2 is 1.93 bits per heavy atom. The fraction of sp³-hybridized carbons (Fsp3) is 0.345. The summed E-state index contributed by atoms with van der Waals surface area (Å²) in [5.41, 5.74) is 5.39. The third-order valence-corrected chi connectivity index (χ3v) is 7.88. The van der Waals surface area contributed by atoms with Gasteiger partial charge >= 0.3 is 6.03 Å². The van der Waals surface area contributed by atoms with E-state index in [9.17, 15) is 14.4 Å². The summed E-state index contributed by atoms with van der Waals surface area (Å²) >= 11 is 0. The minimum atomic E-state index is -0.346. The lowest BCUT2D eigenvalue weighted by Crippen LogP contribution is -2.30. The van der Waals surface area contributed by atoms with Crippen LogP contribution in [0.4, 0.5) is 21.9 Å². The molecule has 0 unspecified atom stereocenters. The normalized spacial score (nSPS) is 20.1. The number of imidazole rings is 1. The highest BCUT2D eigenvalue weighted by Gasteiger charge is 2.46. The van der Waals surface area contributed by atoms with E-state index in [1.54, 1.807) is 18.6 Å². The lowest BCUT2D eigenvalue weighted by molar-refractivity contribution is -0.124. The Morgan fingerprint density at radius 3 is 2.68 bits per heavy atom. The van der Waals surface area contributed by atoms with E-state index >= 15 is 0 Å². The first-order valence-corrected chi connectivity index (χ1v) is 13.7. The van der Waals surface area contributed by atoms with Crippen LogP contribution in [0.3, 0.4) is 0 Å². The molecule has 4 aromatic rings. The maximum atomic E-state index is 12.8. The number of amides is 4. The van der Waals surface area contributed by atoms with Gasteiger partial charge in [-0.1, -0.05) is 0 Å². The number of fused-ring (bicyclic) bond motifs is 1. The number of hydrogen-bond acceptors (Lipinski definition) is 8. The summed E-state index contributed by atoms with van der Waals surface area (Å²) in [7, 11) is 1.50. The number of urea groups is 1. The Hall–Kier alpha value is -4.87. The summed E-state index contributed by atoms with van der Waals surface area (Å²) in [6.07, 6.45) is 12.0. The number of hydrogen-bond donors (Lipinski definition) is 2. The van der Waals surface area contributed by atoms with E-state index < -0.39 is 0 Å². The van der Waals surface area contributed by atoms with Gasteiger partial charge in [0.15, 0.2) is 5.65 Å². The van der Waals surface area contributed by atoms with E-state index in [2.05, 4.69) is 31.8 Å². The van der Waals surface area contributed by atoms with Crippen LogP contribution in [-0.4, -0.2) is 60.7 Å². The lowest BCUT2D eigenvalue weighted by atomic mass is 10.1. The van der Waals surface area contributed by atoms with Crippen LogP contribution in [-0.2, 0) is 16.1 Å². The second-order valence-electron chi connectivity index (χ2n) is 11.0.